The standard InChI is InChI=1S/C17H19ClN4O3S/c1-21-9-11-22(12-10-21)26(24,25)14-6-4-13(5-7-14)20-17(23)15-3-2-8-19-16(15)18/h2-8H,9-12H2,1H3,(H,20,23). The third-order valence-corrected chi connectivity index (χ3v) is 6.43. The lowest BCUT2D eigenvalue weighted by atomic mass is 10.2. The number of hydrogen-bond donors (Lipinski definition) is 1. The molecule has 0 unspecified atom stereocenters. The summed E-state index contributed by atoms with van der Waals surface area (Å²) in [4.78, 5) is 18.4. The average Bonchev–Trinajstić information content (AvgIpc) is 2.63. The Kier molecular flexibility index (Phi) is 5.57. The van der Waals surface area contributed by atoms with Crippen molar-refractivity contribution in [3.63, 3.8) is 0 Å². The molecule has 1 saturated heterocycles. The minimum atomic E-state index is -3.53. The summed E-state index contributed by atoms with van der Waals surface area (Å²) in [5.74, 6) is -0.405. The molecule has 1 N–H and O–H groups in total. The van der Waals surface area contributed by atoms with E-state index in [0.717, 1.165) is 0 Å². The normalized spacial score (nSPS) is 16.4. The lowest BCUT2D eigenvalue weighted by molar-refractivity contribution is 0.102. The maximum Gasteiger partial charge on any atom is 0.258 e. The van der Waals surface area contributed by atoms with Crippen LogP contribution in [0.25, 0.3) is 0 Å². The number of anilines is 1. The molecule has 2 heterocycles. The number of carbonyl (C=O) groups excluding carboxylic acids is 1. The van der Waals surface area contributed by atoms with Gasteiger partial charge in [0.1, 0.15) is 5.15 Å². The number of aromatic nitrogens is 1. The van der Waals surface area contributed by atoms with Crippen molar-refractivity contribution in [1.82, 2.24) is 14.2 Å². The second-order valence-corrected chi connectivity index (χ2v) is 8.32. The number of nitrogens with zero attached hydrogens (tertiary/aromatic N) is 3. The van der Waals surface area contributed by atoms with Crippen molar-refractivity contribution < 1.29 is 13.2 Å². The summed E-state index contributed by atoms with van der Waals surface area (Å²) < 4.78 is 26.9. The zero-order valence-electron chi connectivity index (χ0n) is 14.2. The number of likely N-dealkylation sites (N-methyl/N-ethyl adjacent to an activating group) is 1. The number of amides is 1. The highest BCUT2D eigenvalue weighted by Gasteiger charge is 2.27. The Hall–Kier alpha value is -2.00. The van der Waals surface area contributed by atoms with E-state index in [-0.39, 0.29) is 15.6 Å². The molecule has 0 radical (unpaired) electrons. The molecule has 0 aliphatic carbocycles. The lowest BCUT2D eigenvalue weighted by Crippen LogP contribution is -2.46. The van der Waals surface area contributed by atoms with E-state index in [0.29, 0.717) is 31.9 Å². The fourth-order valence-corrected chi connectivity index (χ4v) is 4.27. The Morgan fingerprint density at radius 1 is 1.12 bits per heavy atom. The van der Waals surface area contributed by atoms with Gasteiger partial charge in [0.25, 0.3) is 5.91 Å². The van der Waals surface area contributed by atoms with Gasteiger partial charge in [-0.15, -0.1) is 0 Å². The molecule has 3 rings (SSSR count). The average molecular weight is 395 g/mol. The van der Waals surface area contributed by atoms with Crippen LogP contribution in [0.3, 0.4) is 0 Å². The molecule has 2 aromatic rings. The summed E-state index contributed by atoms with van der Waals surface area (Å²) in [5, 5.41) is 2.79. The molecule has 1 aliphatic heterocycles. The summed E-state index contributed by atoms with van der Waals surface area (Å²) in [6.45, 7) is 2.35. The van der Waals surface area contributed by atoms with Crippen molar-refractivity contribution in [1.29, 1.82) is 0 Å². The van der Waals surface area contributed by atoms with E-state index in [1.165, 1.54) is 22.6 Å². The molecule has 0 bridgehead atoms. The lowest BCUT2D eigenvalue weighted by Gasteiger charge is -2.31. The Balaban J connectivity index is 1.72. The van der Waals surface area contributed by atoms with Gasteiger partial charge in [0.15, 0.2) is 0 Å². The van der Waals surface area contributed by atoms with Crippen molar-refractivity contribution in [3.05, 3.63) is 53.3 Å². The number of carbonyl (C=O) groups is 1. The highest BCUT2D eigenvalue weighted by Crippen LogP contribution is 2.21. The molecular formula is C17H19ClN4O3S. The highest BCUT2D eigenvalue weighted by molar-refractivity contribution is 7.89. The molecule has 0 spiro atoms. The molecule has 1 aliphatic rings. The number of rotatable bonds is 4. The summed E-state index contributed by atoms with van der Waals surface area (Å²) in [5.41, 5.74) is 0.732. The Morgan fingerprint density at radius 2 is 1.77 bits per heavy atom. The molecule has 7 nitrogen and oxygen atoms in total. The van der Waals surface area contributed by atoms with Crippen LogP contribution in [0.5, 0.6) is 0 Å². The maximum atomic E-state index is 12.7. The molecule has 9 heteroatoms. The predicted molar refractivity (Wildman–Crippen MR) is 99.9 cm³/mol. The van der Waals surface area contributed by atoms with Crippen LogP contribution < -0.4 is 5.32 Å². The minimum absolute atomic E-state index is 0.110. The number of sulfonamides is 1. The third kappa shape index (κ3) is 4.04. The maximum absolute atomic E-state index is 12.7. The van der Waals surface area contributed by atoms with Crippen molar-refractivity contribution >= 4 is 33.2 Å². The first-order chi connectivity index (χ1) is 12.4. The number of nitrogens with one attached hydrogen (secondary N) is 1. The van der Waals surface area contributed by atoms with Crippen LogP contribution in [0, 0.1) is 0 Å². The van der Waals surface area contributed by atoms with E-state index in [9.17, 15) is 13.2 Å². The molecule has 1 aromatic heterocycles. The third-order valence-electron chi connectivity index (χ3n) is 4.22. The minimum Gasteiger partial charge on any atom is -0.322 e. The quantitative estimate of drug-likeness (QED) is 0.801. The Labute approximate surface area is 157 Å². The number of piperazine rings is 1. The van der Waals surface area contributed by atoms with Gasteiger partial charge in [-0.05, 0) is 43.4 Å². The van der Waals surface area contributed by atoms with Crippen LogP contribution in [0.15, 0.2) is 47.5 Å². The largest absolute Gasteiger partial charge is 0.322 e. The summed E-state index contributed by atoms with van der Waals surface area (Å²) in [7, 11) is -1.56. The van der Waals surface area contributed by atoms with E-state index in [4.69, 9.17) is 11.6 Å². The van der Waals surface area contributed by atoms with E-state index in [1.807, 2.05) is 7.05 Å². The van der Waals surface area contributed by atoms with Gasteiger partial charge in [-0.25, -0.2) is 13.4 Å². The van der Waals surface area contributed by atoms with Crippen LogP contribution in [0.1, 0.15) is 10.4 Å². The van der Waals surface area contributed by atoms with Gasteiger partial charge in [0, 0.05) is 38.1 Å². The highest BCUT2D eigenvalue weighted by atomic mass is 35.5. The SMILES string of the molecule is CN1CCN(S(=O)(=O)c2ccc(NC(=O)c3cccnc3Cl)cc2)CC1. The fraction of sp³-hybridized carbons (Fsp3) is 0.294. The summed E-state index contributed by atoms with van der Waals surface area (Å²) >= 11 is 5.91. The molecular weight excluding hydrogens is 376 g/mol. The van der Waals surface area contributed by atoms with Gasteiger partial charge in [-0.2, -0.15) is 4.31 Å². The molecule has 0 atom stereocenters. The van der Waals surface area contributed by atoms with Gasteiger partial charge in [-0.3, -0.25) is 4.79 Å². The number of pyridine rings is 1. The van der Waals surface area contributed by atoms with E-state index >= 15 is 0 Å². The monoisotopic (exact) mass is 394 g/mol. The van der Waals surface area contributed by atoms with E-state index in [1.54, 1.807) is 24.3 Å². The van der Waals surface area contributed by atoms with Gasteiger partial charge in [0.2, 0.25) is 10.0 Å². The van der Waals surface area contributed by atoms with Gasteiger partial charge >= 0.3 is 0 Å². The van der Waals surface area contributed by atoms with E-state index in [2.05, 4.69) is 15.2 Å². The van der Waals surface area contributed by atoms with E-state index < -0.39 is 15.9 Å². The van der Waals surface area contributed by atoms with Gasteiger partial charge in [0.05, 0.1) is 10.5 Å². The molecule has 1 fully saturated rings. The Morgan fingerprint density at radius 3 is 2.38 bits per heavy atom. The molecule has 0 saturated carbocycles. The first-order valence-electron chi connectivity index (χ1n) is 8.08. The van der Waals surface area contributed by atoms with Crippen LogP contribution >= 0.6 is 11.6 Å². The van der Waals surface area contributed by atoms with Crippen LogP contribution in [-0.4, -0.2) is 61.7 Å². The number of halogens is 1. The second kappa shape index (κ2) is 7.71. The molecule has 1 aromatic carbocycles. The van der Waals surface area contributed by atoms with Crippen molar-refractivity contribution in [3.8, 4) is 0 Å². The van der Waals surface area contributed by atoms with Gasteiger partial charge in [-0.1, -0.05) is 11.6 Å². The zero-order valence-corrected chi connectivity index (χ0v) is 15.8. The van der Waals surface area contributed by atoms with Crippen molar-refractivity contribution in [2.75, 3.05) is 38.5 Å². The zero-order chi connectivity index (χ0) is 18.7. The first-order valence-corrected chi connectivity index (χ1v) is 9.90. The smallest absolute Gasteiger partial charge is 0.258 e. The van der Waals surface area contributed by atoms with Crippen LogP contribution in [0.4, 0.5) is 5.69 Å². The van der Waals surface area contributed by atoms with Crippen LogP contribution in [-0.2, 0) is 10.0 Å². The van der Waals surface area contributed by atoms with Crippen molar-refractivity contribution in [2.24, 2.45) is 0 Å². The fourth-order valence-electron chi connectivity index (χ4n) is 2.64. The van der Waals surface area contributed by atoms with Gasteiger partial charge < -0.3 is 10.2 Å². The Bertz CT molecular complexity index is 894. The second-order valence-electron chi connectivity index (χ2n) is 6.03. The summed E-state index contributed by atoms with van der Waals surface area (Å²) in [6.07, 6.45) is 1.50. The molecule has 138 valence electrons. The molecule has 26 heavy (non-hydrogen) atoms. The topological polar surface area (TPSA) is 82.6 Å². The predicted octanol–water partition coefficient (Wildman–Crippen LogP) is 1.92. The van der Waals surface area contributed by atoms with Crippen molar-refractivity contribution in [2.45, 2.75) is 4.90 Å². The first kappa shape index (κ1) is 18.8. The number of hydrogen-bond acceptors (Lipinski definition) is 5. The van der Waals surface area contributed by atoms with Crippen LogP contribution in [0.2, 0.25) is 5.15 Å². The number of benzene rings is 1. The molecule has 1 amide bonds. The summed E-state index contributed by atoms with van der Waals surface area (Å²) in [6, 6.07) is 9.29.